The Kier molecular flexibility index (Phi) is 3.67. The first-order valence-corrected chi connectivity index (χ1v) is 7.22. The number of aryl methyl sites for hydroxylation is 2. The van der Waals surface area contributed by atoms with Gasteiger partial charge in [-0.1, -0.05) is 5.16 Å². The van der Waals surface area contributed by atoms with Crippen LogP contribution in [0.2, 0.25) is 0 Å². The van der Waals surface area contributed by atoms with Crippen molar-refractivity contribution >= 4 is 5.91 Å². The van der Waals surface area contributed by atoms with Gasteiger partial charge in [-0.25, -0.2) is 0 Å². The number of likely N-dealkylation sites (tertiary alicyclic amines) is 1. The number of nitrogens with zero attached hydrogens (tertiary/aromatic N) is 5. The standard InChI is InChI=1S/C15H17N5O2/c1-10-14(11(2)22-18-10)5-15(21)19-4-3-13(9-19)20-8-12(6-16)7-17-20/h7-8,13H,3-5,9H2,1-2H3. The highest BCUT2D eigenvalue weighted by molar-refractivity contribution is 5.79. The van der Waals surface area contributed by atoms with Crippen molar-refractivity contribution in [1.82, 2.24) is 19.8 Å². The van der Waals surface area contributed by atoms with Crippen LogP contribution in [0.3, 0.4) is 0 Å². The van der Waals surface area contributed by atoms with Gasteiger partial charge in [-0.3, -0.25) is 9.48 Å². The minimum absolute atomic E-state index is 0.0737. The van der Waals surface area contributed by atoms with Crippen LogP contribution < -0.4 is 0 Å². The zero-order valence-corrected chi connectivity index (χ0v) is 12.6. The molecule has 1 aliphatic heterocycles. The monoisotopic (exact) mass is 299 g/mol. The van der Waals surface area contributed by atoms with E-state index in [2.05, 4.69) is 16.3 Å². The number of aromatic nitrogens is 3. The zero-order valence-electron chi connectivity index (χ0n) is 12.6. The summed E-state index contributed by atoms with van der Waals surface area (Å²) >= 11 is 0. The summed E-state index contributed by atoms with van der Waals surface area (Å²) in [6.45, 7) is 4.99. The van der Waals surface area contributed by atoms with Crippen molar-refractivity contribution in [3.63, 3.8) is 0 Å². The lowest BCUT2D eigenvalue weighted by molar-refractivity contribution is -0.129. The highest BCUT2D eigenvalue weighted by Gasteiger charge is 2.28. The minimum Gasteiger partial charge on any atom is -0.361 e. The van der Waals surface area contributed by atoms with Gasteiger partial charge in [-0.2, -0.15) is 10.4 Å². The normalized spacial score (nSPS) is 17.7. The van der Waals surface area contributed by atoms with E-state index in [1.54, 1.807) is 17.1 Å². The highest BCUT2D eigenvalue weighted by atomic mass is 16.5. The molecule has 1 saturated heterocycles. The van der Waals surface area contributed by atoms with Crippen LogP contribution in [-0.2, 0) is 11.2 Å². The fourth-order valence-corrected chi connectivity index (χ4v) is 2.80. The SMILES string of the molecule is Cc1noc(C)c1CC(=O)N1CCC(n2cc(C#N)cn2)C1. The molecule has 0 saturated carbocycles. The number of rotatable bonds is 3. The van der Waals surface area contributed by atoms with E-state index < -0.39 is 0 Å². The van der Waals surface area contributed by atoms with Crippen molar-refractivity contribution in [2.75, 3.05) is 13.1 Å². The van der Waals surface area contributed by atoms with E-state index in [1.807, 2.05) is 18.7 Å². The maximum Gasteiger partial charge on any atom is 0.227 e. The predicted molar refractivity (Wildman–Crippen MR) is 76.9 cm³/mol. The fraction of sp³-hybridized carbons (Fsp3) is 0.467. The lowest BCUT2D eigenvalue weighted by atomic mass is 10.1. The molecule has 0 spiro atoms. The van der Waals surface area contributed by atoms with Gasteiger partial charge in [0.05, 0.1) is 29.9 Å². The first-order chi connectivity index (χ1) is 10.6. The second kappa shape index (κ2) is 5.64. The van der Waals surface area contributed by atoms with Gasteiger partial charge in [-0.15, -0.1) is 0 Å². The van der Waals surface area contributed by atoms with Gasteiger partial charge in [0, 0.05) is 24.8 Å². The van der Waals surface area contributed by atoms with Crippen molar-refractivity contribution in [1.29, 1.82) is 5.26 Å². The Bertz CT molecular complexity index is 720. The van der Waals surface area contributed by atoms with E-state index in [0.717, 1.165) is 17.7 Å². The number of amides is 1. The number of nitriles is 1. The summed E-state index contributed by atoms with van der Waals surface area (Å²) in [5, 5.41) is 16.9. The fourth-order valence-electron chi connectivity index (χ4n) is 2.80. The van der Waals surface area contributed by atoms with Crippen molar-refractivity contribution in [2.24, 2.45) is 0 Å². The van der Waals surface area contributed by atoms with E-state index in [-0.39, 0.29) is 11.9 Å². The Morgan fingerprint density at radius 3 is 3.00 bits per heavy atom. The molecule has 0 aromatic carbocycles. The Morgan fingerprint density at radius 1 is 1.55 bits per heavy atom. The Hall–Kier alpha value is -2.62. The third-order valence-corrected chi connectivity index (χ3v) is 4.13. The Balaban J connectivity index is 1.65. The van der Waals surface area contributed by atoms with Crippen LogP contribution in [0.4, 0.5) is 0 Å². The third kappa shape index (κ3) is 2.60. The minimum atomic E-state index is 0.0737. The maximum atomic E-state index is 12.4. The molecule has 0 bridgehead atoms. The molecule has 3 rings (SSSR count). The van der Waals surface area contributed by atoms with E-state index >= 15 is 0 Å². The molecule has 3 heterocycles. The van der Waals surface area contributed by atoms with Gasteiger partial charge in [0.25, 0.3) is 0 Å². The lowest BCUT2D eigenvalue weighted by Crippen LogP contribution is -2.30. The summed E-state index contributed by atoms with van der Waals surface area (Å²) in [5.41, 5.74) is 2.19. The van der Waals surface area contributed by atoms with Crippen LogP contribution in [0.1, 0.15) is 35.0 Å². The Labute approximate surface area is 128 Å². The van der Waals surface area contributed by atoms with Crippen LogP contribution in [0.15, 0.2) is 16.9 Å². The second-order valence-corrected chi connectivity index (χ2v) is 5.58. The van der Waals surface area contributed by atoms with Crippen molar-refractivity contribution in [3.8, 4) is 6.07 Å². The number of hydrogen-bond acceptors (Lipinski definition) is 5. The molecule has 0 aliphatic carbocycles. The van der Waals surface area contributed by atoms with Gasteiger partial charge in [0.1, 0.15) is 11.8 Å². The molecule has 1 amide bonds. The Morgan fingerprint density at radius 2 is 2.36 bits per heavy atom. The number of hydrogen-bond donors (Lipinski definition) is 0. The van der Waals surface area contributed by atoms with Gasteiger partial charge < -0.3 is 9.42 Å². The third-order valence-electron chi connectivity index (χ3n) is 4.13. The van der Waals surface area contributed by atoms with Crippen LogP contribution >= 0.6 is 0 Å². The van der Waals surface area contributed by atoms with Gasteiger partial charge in [-0.05, 0) is 20.3 Å². The first-order valence-electron chi connectivity index (χ1n) is 7.22. The molecule has 1 unspecified atom stereocenters. The van der Waals surface area contributed by atoms with Crippen LogP contribution in [0, 0.1) is 25.2 Å². The molecule has 22 heavy (non-hydrogen) atoms. The summed E-state index contributed by atoms with van der Waals surface area (Å²) in [4.78, 5) is 14.3. The smallest absolute Gasteiger partial charge is 0.227 e. The zero-order chi connectivity index (χ0) is 15.7. The molecule has 2 aromatic heterocycles. The largest absolute Gasteiger partial charge is 0.361 e. The second-order valence-electron chi connectivity index (χ2n) is 5.58. The summed E-state index contributed by atoms with van der Waals surface area (Å²) in [6.07, 6.45) is 4.44. The molecule has 0 N–H and O–H groups in total. The molecular formula is C15H17N5O2. The summed E-state index contributed by atoms with van der Waals surface area (Å²) in [6, 6.07) is 2.20. The van der Waals surface area contributed by atoms with Gasteiger partial charge >= 0.3 is 0 Å². The van der Waals surface area contributed by atoms with Gasteiger partial charge in [0.2, 0.25) is 5.91 Å². The van der Waals surface area contributed by atoms with Crippen molar-refractivity contribution in [2.45, 2.75) is 32.7 Å². The molecule has 1 aliphatic rings. The summed E-state index contributed by atoms with van der Waals surface area (Å²) in [7, 11) is 0. The molecule has 7 nitrogen and oxygen atoms in total. The van der Waals surface area contributed by atoms with Crippen molar-refractivity contribution in [3.05, 3.63) is 35.0 Å². The summed E-state index contributed by atoms with van der Waals surface area (Å²) < 4.78 is 6.88. The number of carbonyl (C=O) groups is 1. The van der Waals surface area contributed by atoms with Gasteiger partial charge in [0.15, 0.2) is 0 Å². The topological polar surface area (TPSA) is 88.0 Å². The average molecular weight is 299 g/mol. The molecule has 1 fully saturated rings. The van der Waals surface area contributed by atoms with Crippen LogP contribution in [0.25, 0.3) is 0 Å². The van der Waals surface area contributed by atoms with E-state index in [9.17, 15) is 4.79 Å². The summed E-state index contributed by atoms with van der Waals surface area (Å²) in [5.74, 6) is 0.775. The molecule has 1 atom stereocenters. The van der Waals surface area contributed by atoms with E-state index in [1.165, 1.54) is 0 Å². The average Bonchev–Trinajstić information content (AvgIpc) is 3.22. The van der Waals surface area contributed by atoms with Crippen molar-refractivity contribution < 1.29 is 9.32 Å². The maximum absolute atomic E-state index is 12.4. The van der Waals surface area contributed by atoms with E-state index in [0.29, 0.717) is 30.8 Å². The van der Waals surface area contributed by atoms with Crippen LogP contribution in [-0.4, -0.2) is 38.8 Å². The molecule has 2 aromatic rings. The number of carbonyl (C=O) groups excluding carboxylic acids is 1. The molecule has 7 heteroatoms. The molecule has 114 valence electrons. The lowest BCUT2D eigenvalue weighted by Gasteiger charge is -2.16. The van der Waals surface area contributed by atoms with E-state index in [4.69, 9.17) is 9.78 Å². The van der Waals surface area contributed by atoms with Crippen LogP contribution in [0.5, 0.6) is 0 Å². The predicted octanol–water partition coefficient (Wildman–Crippen LogP) is 1.38. The first kappa shape index (κ1) is 14.3. The quantitative estimate of drug-likeness (QED) is 0.854. The molecular weight excluding hydrogens is 282 g/mol. The molecule has 0 radical (unpaired) electrons. The highest BCUT2D eigenvalue weighted by Crippen LogP contribution is 2.23.